The van der Waals surface area contributed by atoms with Crippen LogP contribution in [0.15, 0.2) is 71.3 Å². The molecule has 0 radical (unpaired) electrons. The third-order valence-corrected chi connectivity index (χ3v) is 6.22. The normalized spacial score (nSPS) is 15.0. The number of methoxy groups -OCH3 is 1. The van der Waals surface area contributed by atoms with Gasteiger partial charge in [0.2, 0.25) is 5.91 Å². The highest BCUT2D eigenvalue weighted by Crippen LogP contribution is 2.33. The van der Waals surface area contributed by atoms with Crippen molar-refractivity contribution in [1.82, 2.24) is 5.32 Å². The molecule has 1 aliphatic rings. The Hall–Kier alpha value is -3.54. The average Bonchev–Trinajstić information content (AvgIpc) is 3.39. The summed E-state index contributed by atoms with van der Waals surface area (Å²) in [5.74, 6) is 0.302. The highest BCUT2D eigenvalue weighted by molar-refractivity contribution is 6.09. The summed E-state index contributed by atoms with van der Waals surface area (Å²) in [5.41, 5.74) is 2.26. The van der Waals surface area contributed by atoms with Gasteiger partial charge in [-0.25, -0.2) is 0 Å². The van der Waals surface area contributed by atoms with Gasteiger partial charge in [0.05, 0.1) is 13.4 Å². The lowest BCUT2D eigenvalue weighted by Crippen LogP contribution is -2.47. The van der Waals surface area contributed by atoms with Crippen molar-refractivity contribution in [3.8, 4) is 5.75 Å². The van der Waals surface area contributed by atoms with E-state index >= 15 is 0 Å². The molecule has 172 valence electrons. The molecule has 2 amide bonds. The van der Waals surface area contributed by atoms with Crippen LogP contribution in [0, 0.1) is 6.92 Å². The largest absolute Gasteiger partial charge is 0.497 e. The first-order valence-corrected chi connectivity index (χ1v) is 11.5. The van der Waals surface area contributed by atoms with Gasteiger partial charge < -0.3 is 14.5 Å². The topological polar surface area (TPSA) is 71.8 Å². The quantitative estimate of drug-likeness (QED) is 0.525. The lowest BCUT2D eigenvalue weighted by molar-refractivity contribution is -0.123. The highest BCUT2D eigenvalue weighted by atomic mass is 16.5. The maximum absolute atomic E-state index is 13.8. The van der Waals surface area contributed by atoms with E-state index < -0.39 is 6.04 Å². The van der Waals surface area contributed by atoms with E-state index in [2.05, 4.69) is 5.32 Å². The van der Waals surface area contributed by atoms with Crippen LogP contribution in [0.25, 0.3) is 0 Å². The van der Waals surface area contributed by atoms with E-state index in [-0.39, 0.29) is 23.6 Å². The van der Waals surface area contributed by atoms with Gasteiger partial charge in [0, 0.05) is 11.7 Å². The predicted molar refractivity (Wildman–Crippen MR) is 127 cm³/mol. The zero-order chi connectivity index (χ0) is 23.2. The predicted octanol–water partition coefficient (Wildman–Crippen LogP) is 5.43. The smallest absolute Gasteiger partial charge is 0.294 e. The molecule has 2 aromatic carbocycles. The molecule has 1 heterocycles. The molecule has 6 nitrogen and oxygen atoms in total. The van der Waals surface area contributed by atoms with E-state index in [1.807, 2.05) is 55.5 Å². The fourth-order valence-electron chi connectivity index (χ4n) is 4.45. The molecule has 1 aromatic heterocycles. The molecule has 1 saturated carbocycles. The number of nitrogens with zero attached hydrogens (tertiary/aromatic N) is 1. The second-order valence-corrected chi connectivity index (χ2v) is 8.46. The molecule has 0 saturated heterocycles. The SMILES string of the molecule is COc1ccc([C@H](C(=O)NC2CCCCC2)N(C(=O)c2ccco2)c2ccccc2C)cc1. The molecule has 0 spiro atoms. The van der Waals surface area contributed by atoms with Gasteiger partial charge in [-0.1, -0.05) is 49.6 Å². The summed E-state index contributed by atoms with van der Waals surface area (Å²) in [7, 11) is 1.60. The van der Waals surface area contributed by atoms with Gasteiger partial charge in [-0.05, 0) is 61.2 Å². The Labute approximate surface area is 194 Å². The first kappa shape index (κ1) is 22.6. The van der Waals surface area contributed by atoms with Gasteiger partial charge in [-0.2, -0.15) is 0 Å². The molecule has 33 heavy (non-hydrogen) atoms. The molecule has 0 aliphatic heterocycles. The number of aryl methyl sites for hydroxylation is 1. The van der Waals surface area contributed by atoms with Crippen LogP contribution in [-0.2, 0) is 4.79 Å². The number of ether oxygens (including phenoxy) is 1. The van der Waals surface area contributed by atoms with Crippen LogP contribution in [0.5, 0.6) is 5.75 Å². The van der Waals surface area contributed by atoms with E-state index in [0.29, 0.717) is 17.0 Å². The Morgan fingerprint density at radius 1 is 1.00 bits per heavy atom. The van der Waals surface area contributed by atoms with Crippen LogP contribution < -0.4 is 15.0 Å². The molecule has 0 unspecified atom stereocenters. The number of amides is 2. The fourth-order valence-corrected chi connectivity index (χ4v) is 4.45. The standard InChI is InChI=1S/C27H30N2O4/c1-19-9-6-7-12-23(19)29(27(31)24-13-8-18-33-24)25(20-14-16-22(32-2)17-15-20)26(30)28-21-10-4-3-5-11-21/h6-9,12-18,21,25H,3-5,10-11H2,1-2H3,(H,28,30)/t25-/m1/s1. The Balaban J connectivity index is 1.80. The van der Waals surface area contributed by atoms with Gasteiger partial charge in [-0.15, -0.1) is 0 Å². The van der Waals surface area contributed by atoms with Gasteiger partial charge >= 0.3 is 0 Å². The maximum atomic E-state index is 13.8. The van der Waals surface area contributed by atoms with Crippen molar-refractivity contribution in [1.29, 1.82) is 0 Å². The number of furan rings is 1. The van der Waals surface area contributed by atoms with Crippen molar-refractivity contribution in [3.05, 3.63) is 83.8 Å². The molecular weight excluding hydrogens is 416 g/mol. The van der Waals surface area contributed by atoms with Gasteiger partial charge in [0.25, 0.3) is 5.91 Å². The molecule has 1 atom stereocenters. The fraction of sp³-hybridized carbons (Fsp3) is 0.333. The number of hydrogen-bond acceptors (Lipinski definition) is 4. The number of carbonyl (C=O) groups excluding carboxylic acids is 2. The van der Waals surface area contributed by atoms with Crippen LogP contribution in [0.3, 0.4) is 0 Å². The van der Waals surface area contributed by atoms with Crippen LogP contribution in [0.2, 0.25) is 0 Å². The van der Waals surface area contributed by atoms with E-state index in [1.165, 1.54) is 12.7 Å². The summed E-state index contributed by atoms with van der Waals surface area (Å²) in [4.78, 5) is 29.1. The van der Waals surface area contributed by atoms with Crippen LogP contribution in [0.4, 0.5) is 5.69 Å². The van der Waals surface area contributed by atoms with Gasteiger partial charge in [0.15, 0.2) is 5.76 Å². The average molecular weight is 447 g/mol. The van der Waals surface area contributed by atoms with E-state index in [0.717, 1.165) is 31.2 Å². The summed E-state index contributed by atoms with van der Waals surface area (Å²) in [6.45, 7) is 1.93. The van der Waals surface area contributed by atoms with Crippen molar-refractivity contribution < 1.29 is 18.7 Å². The molecule has 1 aliphatic carbocycles. The summed E-state index contributed by atoms with van der Waals surface area (Å²) in [6.07, 6.45) is 6.78. The summed E-state index contributed by atoms with van der Waals surface area (Å²) < 4.78 is 10.8. The van der Waals surface area contributed by atoms with E-state index in [9.17, 15) is 9.59 Å². The van der Waals surface area contributed by atoms with Crippen molar-refractivity contribution in [2.45, 2.75) is 51.1 Å². The molecule has 6 heteroatoms. The minimum Gasteiger partial charge on any atom is -0.497 e. The number of benzene rings is 2. The summed E-state index contributed by atoms with van der Waals surface area (Å²) >= 11 is 0. The van der Waals surface area contributed by atoms with Gasteiger partial charge in [-0.3, -0.25) is 14.5 Å². The minimum absolute atomic E-state index is 0.115. The van der Waals surface area contributed by atoms with Gasteiger partial charge in [0.1, 0.15) is 11.8 Å². The van der Waals surface area contributed by atoms with Crippen LogP contribution in [-0.4, -0.2) is 25.0 Å². The van der Waals surface area contributed by atoms with E-state index in [4.69, 9.17) is 9.15 Å². The molecule has 4 rings (SSSR count). The minimum atomic E-state index is -0.864. The third kappa shape index (κ3) is 5.11. The highest BCUT2D eigenvalue weighted by Gasteiger charge is 2.36. The zero-order valence-electron chi connectivity index (χ0n) is 19.1. The van der Waals surface area contributed by atoms with Crippen LogP contribution in [0.1, 0.15) is 59.8 Å². The molecular formula is C27H30N2O4. The van der Waals surface area contributed by atoms with Crippen molar-refractivity contribution >= 4 is 17.5 Å². The first-order valence-electron chi connectivity index (χ1n) is 11.5. The number of hydrogen-bond donors (Lipinski definition) is 1. The lowest BCUT2D eigenvalue weighted by Gasteiger charge is -2.33. The zero-order valence-corrected chi connectivity index (χ0v) is 19.1. The maximum Gasteiger partial charge on any atom is 0.294 e. The van der Waals surface area contributed by atoms with Crippen molar-refractivity contribution in [2.75, 3.05) is 12.0 Å². The van der Waals surface area contributed by atoms with Crippen molar-refractivity contribution in [2.24, 2.45) is 0 Å². The van der Waals surface area contributed by atoms with Crippen molar-refractivity contribution in [3.63, 3.8) is 0 Å². The molecule has 1 N–H and O–H groups in total. The molecule has 0 bridgehead atoms. The third-order valence-electron chi connectivity index (χ3n) is 6.22. The Morgan fingerprint density at radius 3 is 2.36 bits per heavy atom. The monoisotopic (exact) mass is 446 g/mol. The first-order chi connectivity index (χ1) is 16.1. The second-order valence-electron chi connectivity index (χ2n) is 8.46. The second kappa shape index (κ2) is 10.4. The summed E-state index contributed by atoms with van der Waals surface area (Å²) in [5, 5.41) is 3.22. The lowest BCUT2D eigenvalue weighted by atomic mass is 9.94. The molecule has 3 aromatic rings. The molecule has 1 fully saturated rings. The number of carbonyl (C=O) groups is 2. The Morgan fingerprint density at radius 2 is 1.73 bits per heavy atom. The van der Waals surface area contributed by atoms with E-state index in [1.54, 1.807) is 24.1 Å². The Bertz CT molecular complexity index is 1070. The number of para-hydroxylation sites is 1. The summed E-state index contributed by atoms with van der Waals surface area (Å²) in [6, 6.07) is 17.4. The number of anilines is 1. The van der Waals surface area contributed by atoms with Crippen LogP contribution >= 0.6 is 0 Å². The number of rotatable bonds is 7. The number of nitrogens with one attached hydrogen (secondary N) is 1. The Kier molecular flexibility index (Phi) is 7.13.